The third kappa shape index (κ3) is 2.95. The lowest BCUT2D eigenvalue weighted by atomic mass is 10.2. The van der Waals surface area contributed by atoms with Crippen molar-refractivity contribution in [3.63, 3.8) is 0 Å². The summed E-state index contributed by atoms with van der Waals surface area (Å²) < 4.78 is 0.679. The molecule has 0 aliphatic rings. The number of hydrogen-bond acceptors (Lipinski definition) is 4. The number of para-hydroxylation sites is 1. The van der Waals surface area contributed by atoms with Gasteiger partial charge in [0.2, 0.25) is 0 Å². The number of halogens is 1. The van der Waals surface area contributed by atoms with Crippen LogP contribution in [0.5, 0.6) is 0 Å². The summed E-state index contributed by atoms with van der Waals surface area (Å²) in [6.45, 7) is 0. The molecule has 0 aliphatic heterocycles. The predicted molar refractivity (Wildman–Crippen MR) is 76.1 cm³/mol. The average molecular weight is 335 g/mol. The average Bonchev–Trinajstić information content (AvgIpc) is 2.39. The number of nitrogens with zero attached hydrogens (tertiary/aromatic N) is 2. The van der Waals surface area contributed by atoms with Gasteiger partial charge in [0.05, 0.1) is 15.4 Å². The third-order valence-electron chi connectivity index (χ3n) is 2.37. The zero-order valence-corrected chi connectivity index (χ0v) is 11.9. The van der Waals surface area contributed by atoms with Crippen molar-refractivity contribution < 1.29 is 4.92 Å². The Bertz CT molecular complexity index is 683. The number of nitriles is 1. The molecule has 2 aromatic rings. The molecule has 0 amide bonds. The second-order valence-electron chi connectivity index (χ2n) is 3.55. The molecule has 0 aromatic heterocycles. The molecule has 0 atom stereocenters. The molecule has 0 saturated heterocycles. The van der Waals surface area contributed by atoms with Crippen molar-refractivity contribution in [2.24, 2.45) is 0 Å². The maximum atomic E-state index is 11.0. The van der Waals surface area contributed by atoms with E-state index >= 15 is 0 Å². The Labute approximate surface area is 122 Å². The lowest BCUT2D eigenvalue weighted by Gasteiger charge is -2.05. The van der Waals surface area contributed by atoms with Crippen molar-refractivity contribution in [1.29, 1.82) is 5.26 Å². The fraction of sp³-hybridized carbons (Fsp3) is 0. The Balaban J connectivity index is 2.46. The van der Waals surface area contributed by atoms with Gasteiger partial charge < -0.3 is 0 Å². The molecule has 0 saturated carbocycles. The molecule has 2 rings (SSSR count). The van der Waals surface area contributed by atoms with Crippen LogP contribution in [0.3, 0.4) is 0 Å². The first-order valence-electron chi connectivity index (χ1n) is 5.23. The molecule has 94 valence electrons. The second kappa shape index (κ2) is 5.87. The quantitative estimate of drug-likeness (QED) is 0.617. The van der Waals surface area contributed by atoms with Gasteiger partial charge in [-0.3, -0.25) is 10.1 Å². The van der Waals surface area contributed by atoms with Gasteiger partial charge in [-0.2, -0.15) is 5.26 Å². The maximum Gasteiger partial charge on any atom is 0.283 e. The van der Waals surface area contributed by atoms with E-state index in [9.17, 15) is 10.1 Å². The van der Waals surface area contributed by atoms with E-state index in [1.165, 1.54) is 17.8 Å². The van der Waals surface area contributed by atoms with Crippen LogP contribution < -0.4 is 0 Å². The molecule has 0 radical (unpaired) electrons. The van der Waals surface area contributed by atoms with Crippen LogP contribution in [0.1, 0.15) is 5.56 Å². The summed E-state index contributed by atoms with van der Waals surface area (Å²) in [7, 11) is 0. The smallest absolute Gasteiger partial charge is 0.258 e. The molecule has 2 aromatic carbocycles. The van der Waals surface area contributed by atoms with E-state index in [1.54, 1.807) is 36.4 Å². The molecule has 4 nitrogen and oxygen atoms in total. The van der Waals surface area contributed by atoms with Crippen molar-refractivity contribution in [3.8, 4) is 6.07 Å². The van der Waals surface area contributed by atoms with E-state index in [1.807, 2.05) is 0 Å². The Kier molecular flexibility index (Phi) is 4.20. The summed E-state index contributed by atoms with van der Waals surface area (Å²) >= 11 is 4.51. The monoisotopic (exact) mass is 334 g/mol. The standard InChI is InChI=1S/C13H7BrN2O2S/c14-10-4-3-7-12(9(10)8-15)19-13-6-2-1-5-11(13)16(17)18/h1-7H. The summed E-state index contributed by atoms with van der Waals surface area (Å²) in [5.41, 5.74) is 0.516. The van der Waals surface area contributed by atoms with Crippen LogP contribution in [-0.2, 0) is 0 Å². The van der Waals surface area contributed by atoms with Crippen molar-refractivity contribution >= 4 is 33.4 Å². The minimum Gasteiger partial charge on any atom is -0.258 e. The largest absolute Gasteiger partial charge is 0.283 e. The van der Waals surface area contributed by atoms with Crippen LogP contribution >= 0.6 is 27.7 Å². The van der Waals surface area contributed by atoms with Gasteiger partial charge in [0, 0.05) is 15.4 Å². The van der Waals surface area contributed by atoms with Gasteiger partial charge in [-0.05, 0) is 34.1 Å². The van der Waals surface area contributed by atoms with Gasteiger partial charge >= 0.3 is 0 Å². The molecule has 0 spiro atoms. The molecule has 0 aliphatic carbocycles. The molecule has 0 heterocycles. The first-order valence-corrected chi connectivity index (χ1v) is 6.84. The van der Waals surface area contributed by atoms with Crippen molar-refractivity contribution in [2.75, 3.05) is 0 Å². The van der Waals surface area contributed by atoms with E-state index in [-0.39, 0.29) is 5.69 Å². The van der Waals surface area contributed by atoms with Crippen molar-refractivity contribution in [2.45, 2.75) is 9.79 Å². The van der Waals surface area contributed by atoms with Crippen molar-refractivity contribution in [3.05, 3.63) is 62.6 Å². The van der Waals surface area contributed by atoms with Gasteiger partial charge in [-0.25, -0.2) is 0 Å². The first-order chi connectivity index (χ1) is 9.13. The Hall–Kier alpha value is -1.84. The lowest BCUT2D eigenvalue weighted by molar-refractivity contribution is -0.387. The third-order valence-corrected chi connectivity index (χ3v) is 4.16. The van der Waals surface area contributed by atoms with Gasteiger partial charge in [-0.1, -0.05) is 30.0 Å². The lowest BCUT2D eigenvalue weighted by Crippen LogP contribution is -1.91. The van der Waals surface area contributed by atoms with Crippen LogP contribution in [0.25, 0.3) is 0 Å². The summed E-state index contributed by atoms with van der Waals surface area (Å²) in [6, 6.07) is 13.9. The zero-order chi connectivity index (χ0) is 13.8. The predicted octanol–water partition coefficient (Wildman–Crippen LogP) is 4.38. The Morgan fingerprint density at radius 2 is 1.84 bits per heavy atom. The maximum absolute atomic E-state index is 11.0. The van der Waals surface area contributed by atoms with E-state index in [0.29, 0.717) is 19.8 Å². The Morgan fingerprint density at radius 3 is 2.53 bits per heavy atom. The molecule has 19 heavy (non-hydrogen) atoms. The summed E-state index contributed by atoms with van der Waals surface area (Å²) in [5.74, 6) is 0. The minimum absolute atomic E-state index is 0.0383. The first kappa shape index (κ1) is 13.6. The van der Waals surface area contributed by atoms with Crippen molar-refractivity contribution in [1.82, 2.24) is 0 Å². The minimum atomic E-state index is -0.424. The highest BCUT2D eigenvalue weighted by atomic mass is 79.9. The number of nitro benzene ring substituents is 1. The Morgan fingerprint density at radius 1 is 1.16 bits per heavy atom. The van der Waals surface area contributed by atoms with Gasteiger partial charge in [-0.15, -0.1) is 0 Å². The van der Waals surface area contributed by atoms with Crippen LogP contribution in [0.15, 0.2) is 56.7 Å². The van der Waals surface area contributed by atoms with E-state index < -0.39 is 4.92 Å². The van der Waals surface area contributed by atoms with E-state index in [0.717, 1.165) is 0 Å². The molecule has 6 heteroatoms. The van der Waals surface area contributed by atoms with Gasteiger partial charge in [0.15, 0.2) is 0 Å². The molecular weight excluding hydrogens is 328 g/mol. The molecular formula is C13H7BrN2O2S. The summed E-state index contributed by atoms with van der Waals surface area (Å²) in [5, 5.41) is 20.1. The molecule has 0 bridgehead atoms. The molecule has 0 unspecified atom stereocenters. The fourth-order valence-electron chi connectivity index (χ4n) is 1.51. The summed E-state index contributed by atoms with van der Waals surface area (Å²) in [6.07, 6.45) is 0. The summed E-state index contributed by atoms with van der Waals surface area (Å²) in [4.78, 5) is 11.7. The number of benzene rings is 2. The van der Waals surface area contributed by atoms with Crippen LogP contribution in [0.4, 0.5) is 5.69 Å². The van der Waals surface area contributed by atoms with Crippen LogP contribution in [0.2, 0.25) is 0 Å². The number of rotatable bonds is 3. The van der Waals surface area contributed by atoms with Gasteiger partial charge in [0.25, 0.3) is 5.69 Å². The van der Waals surface area contributed by atoms with E-state index in [2.05, 4.69) is 22.0 Å². The van der Waals surface area contributed by atoms with E-state index in [4.69, 9.17) is 5.26 Å². The van der Waals surface area contributed by atoms with Crippen LogP contribution in [0, 0.1) is 21.4 Å². The van der Waals surface area contributed by atoms with Crippen LogP contribution in [-0.4, -0.2) is 4.92 Å². The zero-order valence-electron chi connectivity index (χ0n) is 9.54. The highest BCUT2D eigenvalue weighted by Gasteiger charge is 2.15. The second-order valence-corrected chi connectivity index (χ2v) is 5.49. The highest BCUT2D eigenvalue weighted by Crippen LogP contribution is 2.37. The SMILES string of the molecule is N#Cc1c(Br)cccc1Sc1ccccc1[N+](=O)[O-]. The normalized spacial score (nSPS) is 9.89. The topological polar surface area (TPSA) is 66.9 Å². The number of hydrogen-bond donors (Lipinski definition) is 0. The fourth-order valence-corrected chi connectivity index (χ4v) is 3.13. The van der Waals surface area contributed by atoms with Gasteiger partial charge in [0.1, 0.15) is 6.07 Å². The number of nitro groups is 1. The highest BCUT2D eigenvalue weighted by molar-refractivity contribution is 9.10. The molecule has 0 fully saturated rings. The molecule has 0 N–H and O–H groups in total.